The van der Waals surface area contributed by atoms with Gasteiger partial charge in [-0.1, -0.05) is 25.3 Å². The lowest BCUT2D eigenvalue weighted by Crippen LogP contribution is -2.63. The number of carbonyl (C=O) groups is 1. The number of likely N-dealkylation sites (N-methyl/N-ethyl adjacent to an activating group) is 1. The van der Waals surface area contributed by atoms with Crippen molar-refractivity contribution in [2.45, 2.75) is 37.6 Å². The minimum Gasteiger partial charge on any atom is -0.399 e. The monoisotopic (exact) mass is 359 g/mol. The molecule has 23 heavy (non-hydrogen) atoms. The van der Waals surface area contributed by atoms with E-state index in [1.165, 1.54) is 19.3 Å². The van der Waals surface area contributed by atoms with Crippen LogP contribution in [0.3, 0.4) is 0 Å². The third-order valence-electron chi connectivity index (χ3n) is 5.01. The Bertz CT molecular complexity index is 532. The number of amides is 1. The van der Waals surface area contributed by atoms with E-state index in [1.807, 2.05) is 18.2 Å². The van der Waals surface area contributed by atoms with E-state index in [4.69, 9.17) is 5.73 Å². The van der Waals surface area contributed by atoms with Gasteiger partial charge in [-0.2, -0.15) is 0 Å². The van der Waals surface area contributed by atoms with Crippen LogP contribution < -0.4 is 5.73 Å². The zero-order valence-electron chi connectivity index (χ0n) is 13.7. The smallest absolute Gasteiger partial charge is 0.254 e. The maximum Gasteiger partial charge on any atom is 0.254 e. The highest BCUT2D eigenvalue weighted by Crippen LogP contribution is 2.37. The number of benzene rings is 1. The molecule has 0 atom stereocenters. The van der Waals surface area contributed by atoms with E-state index in [2.05, 4.69) is 16.8 Å². The molecule has 0 radical (unpaired) electrons. The minimum absolute atomic E-state index is 0. The third-order valence-corrected chi connectivity index (χ3v) is 5.01. The van der Waals surface area contributed by atoms with E-state index < -0.39 is 0 Å². The molecule has 1 spiro atoms. The van der Waals surface area contributed by atoms with Crippen LogP contribution in [0.4, 0.5) is 5.69 Å². The Morgan fingerprint density at radius 1 is 1.13 bits per heavy atom. The average molecular weight is 360 g/mol. The highest BCUT2D eigenvalue weighted by Gasteiger charge is 2.43. The number of anilines is 1. The molecule has 2 aliphatic rings. The maximum atomic E-state index is 13.0. The average Bonchev–Trinajstić information content (AvgIpc) is 2.47. The minimum atomic E-state index is 0. The molecule has 1 amide bonds. The molecule has 1 aromatic carbocycles. The van der Waals surface area contributed by atoms with Gasteiger partial charge in [-0.15, -0.1) is 24.8 Å². The fourth-order valence-electron chi connectivity index (χ4n) is 3.96. The summed E-state index contributed by atoms with van der Waals surface area (Å²) in [4.78, 5) is 17.5. The van der Waals surface area contributed by atoms with E-state index in [-0.39, 0.29) is 36.3 Å². The van der Waals surface area contributed by atoms with Crippen molar-refractivity contribution in [3.05, 3.63) is 29.8 Å². The van der Waals surface area contributed by atoms with Crippen molar-refractivity contribution < 1.29 is 4.79 Å². The fraction of sp³-hybridized carbons (Fsp3) is 0.588. The Balaban J connectivity index is 0.00000132. The van der Waals surface area contributed by atoms with Crippen LogP contribution in [-0.4, -0.2) is 47.9 Å². The molecule has 0 aromatic heterocycles. The molecule has 4 nitrogen and oxygen atoms in total. The summed E-state index contributed by atoms with van der Waals surface area (Å²) in [6, 6.07) is 7.38. The van der Waals surface area contributed by atoms with Crippen LogP contribution >= 0.6 is 24.8 Å². The summed E-state index contributed by atoms with van der Waals surface area (Å²) in [5.74, 6) is 0.150. The van der Waals surface area contributed by atoms with E-state index in [0.717, 1.165) is 38.0 Å². The quantitative estimate of drug-likeness (QED) is 0.783. The zero-order chi connectivity index (χ0) is 14.9. The predicted molar refractivity (Wildman–Crippen MR) is 99.7 cm³/mol. The first kappa shape index (κ1) is 20.1. The van der Waals surface area contributed by atoms with E-state index in [0.29, 0.717) is 5.69 Å². The van der Waals surface area contributed by atoms with Gasteiger partial charge < -0.3 is 15.5 Å². The SMILES string of the molecule is CN1CCN(C(=O)c2cccc(N)c2)C2(CCCCC2)C1.Cl.Cl. The summed E-state index contributed by atoms with van der Waals surface area (Å²) in [5.41, 5.74) is 7.26. The molecule has 2 N–H and O–H groups in total. The van der Waals surface area contributed by atoms with Crippen LogP contribution in [0.25, 0.3) is 0 Å². The number of nitrogen functional groups attached to an aromatic ring is 1. The van der Waals surface area contributed by atoms with Crippen molar-refractivity contribution >= 4 is 36.4 Å². The van der Waals surface area contributed by atoms with Gasteiger partial charge in [-0.05, 0) is 38.1 Å². The number of nitrogens with zero attached hydrogens (tertiary/aromatic N) is 2. The van der Waals surface area contributed by atoms with Crippen molar-refractivity contribution in [1.82, 2.24) is 9.80 Å². The summed E-state index contributed by atoms with van der Waals surface area (Å²) in [7, 11) is 2.17. The molecule has 3 rings (SSSR count). The molecule has 1 aliphatic heterocycles. The normalized spacial score (nSPS) is 20.5. The number of carbonyl (C=O) groups excluding carboxylic acids is 1. The molecule has 2 fully saturated rings. The van der Waals surface area contributed by atoms with Crippen LogP contribution in [-0.2, 0) is 0 Å². The van der Waals surface area contributed by atoms with Crippen molar-refractivity contribution in [3.63, 3.8) is 0 Å². The molecule has 1 saturated carbocycles. The molecule has 1 aromatic rings. The summed E-state index contributed by atoms with van der Waals surface area (Å²) in [6.45, 7) is 2.78. The van der Waals surface area contributed by atoms with Crippen molar-refractivity contribution in [3.8, 4) is 0 Å². The number of hydrogen-bond acceptors (Lipinski definition) is 3. The molecule has 130 valence electrons. The van der Waals surface area contributed by atoms with Gasteiger partial charge in [-0.3, -0.25) is 4.79 Å². The molecule has 1 heterocycles. The topological polar surface area (TPSA) is 49.6 Å². The van der Waals surface area contributed by atoms with E-state index in [9.17, 15) is 4.79 Å². The van der Waals surface area contributed by atoms with Gasteiger partial charge in [0, 0.05) is 30.9 Å². The lowest BCUT2D eigenvalue weighted by atomic mass is 9.78. The molecule has 1 aliphatic carbocycles. The Labute approximate surface area is 151 Å². The number of piperazine rings is 1. The lowest BCUT2D eigenvalue weighted by Gasteiger charge is -2.52. The van der Waals surface area contributed by atoms with Gasteiger partial charge in [0.2, 0.25) is 0 Å². The summed E-state index contributed by atoms with van der Waals surface area (Å²) in [6.07, 6.45) is 6.02. The number of hydrogen-bond donors (Lipinski definition) is 1. The van der Waals surface area contributed by atoms with E-state index >= 15 is 0 Å². The van der Waals surface area contributed by atoms with Crippen LogP contribution in [0.2, 0.25) is 0 Å². The Kier molecular flexibility index (Phi) is 7.18. The standard InChI is InChI=1S/C17H25N3O.2ClH/c1-19-10-11-20(17(13-19)8-3-2-4-9-17)16(21)14-6-5-7-15(18)12-14;;/h5-7,12H,2-4,8-11,13,18H2,1H3;2*1H. The summed E-state index contributed by atoms with van der Waals surface area (Å²) in [5, 5.41) is 0. The molecule has 1 saturated heterocycles. The lowest BCUT2D eigenvalue weighted by molar-refractivity contribution is -0.00777. The first-order valence-corrected chi connectivity index (χ1v) is 7.97. The second kappa shape index (κ2) is 8.22. The highest BCUT2D eigenvalue weighted by molar-refractivity contribution is 5.95. The van der Waals surface area contributed by atoms with Gasteiger partial charge in [0.1, 0.15) is 0 Å². The highest BCUT2D eigenvalue weighted by atomic mass is 35.5. The number of halogens is 2. The molecular weight excluding hydrogens is 333 g/mol. The Morgan fingerprint density at radius 3 is 2.48 bits per heavy atom. The summed E-state index contributed by atoms with van der Waals surface area (Å²) < 4.78 is 0. The largest absolute Gasteiger partial charge is 0.399 e. The second-order valence-corrected chi connectivity index (χ2v) is 6.61. The predicted octanol–water partition coefficient (Wildman–Crippen LogP) is 3.20. The van der Waals surface area contributed by atoms with Crippen molar-refractivity contribution in [2.75, 3.05) is 32.4 Å². The molecule has 0 unspecified atom stereocenters. The zero-order valence-corrected chi connectivity index (χ0v) is 15.3. The third kappa shape index (κ3) is 4.11. The van der Waals surface area contributed by atoms with E-state index in [1.54, 1.807) is 6.07 Å². The van der Waals surface area contributed by atoms with Gasteiger partial charge in [-0.25, -0.2) is 0 Å². The number of nitrogens with two attached hydrogens (primary N) is 1. The van der Waals surface area contributed by atoms with Crippen LogP contribution in [0, 0.1) is 0 Å². The maximum absolute atomic E-state index is 13.0. The van der Waals surface area contributed by atoms with Gasteiger partial charge >= 0.3 is 0 Å². The Morgan fingerprint density at radius 2 is 1.83 bits per heavy atom. The fourth-order valence-corrected chi connectivity index (χ4v) is 3.96. The molecule has 6 heteroatoms. The van der Waals surface area contributed by atoms with Gasteiger partial charge in [0.05, 0.1) is 5.54 Å². The van der Waals surface area contributed by atoms with Crippen LogP contribution in [0.5, 0.6) is 0 Å². The van der Waals surface area contributed by atoms with Crippen LogP contribution in [0.1, 0.15) is 42.5 Å². The first-order valence-electron chi connectivity index (χ1n) is 7.97. The first-order chi connectivity index (χ1) is 10.1. The Hall–Kier alpha value is -0.970. The van der Waals surface area contributed by atoms with Gasteiger partial charge in [0.25, 0.3) is 5.91 Å². The molecular formula is C17H27Cl2N3O. The van der Waals surface area contributed by atoms with Gasteiger partial charge in [0.15, 0.2) is 0 Å². The summed E-state index contributed by atoms with van der Waals surface area (Å²) >= 11 is 0. The molecule has 0 bridgehead atoms. The van der Waals surface area contributed by atoms with Crippen LogP contribution in [0.15, 0.2) is 24.3 Å². The number of rotatable bonds is 1. The van der Waals surface area contributed by atoms with Crippen molar-refractivity contribution in [1.29, 1.82) is 0 Å². The van der Waals surface area contributed by atoms with Crippen molar-refractivity contribution in [2.24, 2.45) is 0 Å². The second-order valence-electron chi connectivity index (χ2n) is 6.61.